The minimum absolute atomic E-state index is 0.126. The maximum atomic E-state index is 12.2. The van der Waals surface area contributed by atoms with Crippen molar-refractivity contribution in [2.75, 3.05) is 0 Å². The van der Waals surface area contributed by atoms with Gasteiger partial charge in [0.25, 0.3) is 11.6 Å². The molecule has 7 nitrogen and oxygen atoms in total. The van der Waals surface area contributed by atoms with Gasteiger partial charge >= 0.3 is 5.97 Å². The molecule has 0 aliphatic carbocycles. The smallest absolute Gasteiger partial charge is 0.329 e. The van der Waals surface area contributed by atoms with Crippen molar-refractivity contribution in [3.63, 3.8) is 0 Å². The van der Waals surface area contributed by atoms with Crippen LogP contribution >= 0.6 is 11.6 Å². The number of carbonyl (C=O) groups excluding carboxylic acids is 1. The fourth-order valence-corrected chi connectivity index (χ4v) is 2.18. The van der Waals surface area contributed by atoms with E-state index in [1.165, 1.54) is 18.2 Å². The van der Waals surface area contributed by atoms with Crippen LogP contribution in [0.2, 0.25) is 5.02 Å². The molecule has 1 aromatic carbocycles. The number of rotatable bonds is 6. The van der Waals surface area contributed by atoms with E-state index in [0.717, 1.165) is 0 Å². The summed E-state index contributed by atoms with van der Waals surface area (Å²) < 4.78 is 0. The Kier molecular flexibility index (Phi) is 5.26. The molecule has 8 heteroatoms. The number of nitro groups is 1. The van der Waals surface area contributed by atoms with E-state index in [-0.39, 0.29) is 23.4 Å². The molecule has 0 unspecified atom stereocenters. The van der Waals surface area contributed by atoms with Crippen LogP contribution in [0.25, 0.3) is 0 Å². The van der Waals surface area contributed by atoms with E-state index in [4.69, 9.17) is 11.6 Å². The second-order valence-corrected chi connectivity index (χ2v) is 4.82. The first kappa shape index (κ1) is 16.9. The molecule has 0 fully saturated rings. The topological polar surface area (TPSA) is 110 Å². The van der Waals surface area contributed by atoms with E-state index < -0.39 is 28.0 Å². The van der Waals surface area contributed by atoms with Crippen LogP contribution in [-0.2, 0) is 4.79 Å². The van der Waals surface area contributed by atoms with Crippen LogP contribution in [0.3, 0.4) is 0 Å². The largest absolute Gasteiger partial charge is 0.480 e. The lowest BCUT2D eigenvalue weighted by Crippen LogP contribution is -2.53. The third-order valence-electron chi connectivity index (χ3n) is 3.39. The van der Waals surface area contributed by atoms with Crippen molar-refractivity contribution in [2.45, 2.75) is 32.2 Å². The van der Waals surface area contributed by atoms with Crippen molar-refractivity contribution in [1.82, 2.24) is 5.32 Å². The number of nitrogens with one attached hydrogen (secondary N) is 1. The van der Waals surface area contributed by atoms with E-state index in [9.17, 15) is 24.8 Å². The molecule has 1 amide bonds. The molecule has 0 bridgehead atoms. The fourth-order valence-electron chi connectivity index (χ4n) is 1.90. The highest BCUT2D eigenvalue weighted by molar-refractivity contribution is 6.35. The third-order valence-corrected chi connectivity index (χ3v) is 3.79. The average molecular weight is 315 g/mol. The van der Waals surface area contributed by atoms with Crippen LogP contribution in [0.4, 0.5) is 5.69 Å². The van der Waals surface area contributed by atoms with E-state index in [1.54, 1.807) is 13.8 Å². The first-order valence-corrected chi connectivity index (χ1v) is 6.65. The normalized spacial score (nSPS) is 11.0. The highest BCUT2D eigenvalue weighted by Gasteiger charge is 2.37. The van der Waals surface area contributed by atoms with Gasteiger partial charge in [-0.1, -0.05) is 31.5 Å². The number of carbonyl (C=O) groups is 2. The Morgan fingerprint density at radius 1 is 1.38 bits per heavy atom. The summed E-state index contributed by atoms with van der Waals surface area (Å²) in [6, 6.07) is 3.80. The Morgan fingerprint density at radius 3 is 2.38 bits per heavy atom. The third kappa shape index (κ3) is 3.30. The number of nitrogens with zero attached hydrogens (tertiary/aromatic N) is 1. The molecule has 21 heavy (non-hydrogen) atoms. The van der Waals surface area contributed by atoms with Crippen LogP contribution in [0.5, 0.6) is 0 Å². The molecule has 0 radical (unpaired) electrons. The number of hydrogen-bond acceptors (Lipinski definition) is 4. The van der Waals surface area contributed by atoms with Crippen LogP contribution in [0.1, 0.15) is 37.0 Å². The van der Waals surface area contributed by atoms with Crippen molar-refractivity contribution in [1.29, 1.82) is 0 Å². The zero-order chi connectivity index (χ0) is 16.2. The molecule has 114 valence electrons. The summed E-state index contributed by atoms with van der Waals surface area (Å²) in [7, 11) is 0. The van der Waals surface area contributed by atoms with Gasteiger partial charge in [-0.2, -0.15) is 0 Å². The number of hydrogen-bond donors (Lipinski definition) is 2. The van der Waals surface area contributed by atoms with E-state index in [2.05, 4.69) is 5.32 Å². The lowest BCUT2D eigenvalue weighted by molar-refractivity contribution is -0.384. The van der Waals surface area contributed by atoms with Gasteiger partial charge in [0.15, 0.2) is 0 Å². The van der Waals surface area contributed by atoms with Crippen LogP contribution < -0.4 is 5.32 Å². The summed E-state index contributed by atoms with van der Waals surface area (Å²) in [5.41, 5.74) is -1.96. The molecule has 0 heterocycles. The number of nitro benzene ring substituents is 1. The molecule has 0 aromatic heterocycles. The highest BCUT2D eigenvalue weighted by Crippen LogP contribution is 2.28. The van der Waals surface area contributed by atoms with Crippen molar-refractivity contribution >= 4 is 29.2 Å². The van der Waals surface area contributed by atoms with Crippen molar-refractivity contribution in [2.24, 2.45) is 0 Å². The number of carboxylic acids is 1. The van der Waals surface area contributed by atoms with E-state index in [1.807, 2.05) is 0 Å². The molecule has 0 aliphatic heterocycles. The summed E-state index contributed by atoms with van der Waals surface area (Å²) in [5.74, 6) is -1.92. The van der Waals surface area contributed by atoms with Crippen molar-refractivity contribution in [3.8, 4) is 0 Å². The van der Waals surface area contributed by atoms with Gasteiger partial charge in [-0.25, -0.2) is 4.79 Å². The maximum absolute atomic E-state index is 12.2. The lowest BCUT2D eigenvalue weighted by atomic mass is 9.92. The second-order valence-electron chi connectivity index (χ2n) is 4.44. The van der Waals surface area contributed by atoms with Crippen molar-refractivity contribution < 1.29 is 19.6 Å². The molecule has 1 rings (SSSR count). The first-order chi connectivity index (χ1) is 9.79. The number of amides is 1. The maximum Gasteiger partial charge on any atom is 0.329 e. The minimum Gasteiger partial charge on any atom is -0.480 e. The zero-order valence-corrected chi connectivity index (χ0v) is 12.3. The molecule has 0 spiro atoms. The van der Waals surface area contributed by atoms with E-state index in [0.29, 0.717) is 0 Å². The molecule has 0 aliphatic rings. The van der Waals surface area contributed by atoms with Gasteiger partial charge in [0.1, 0.15) is 10.6 Å². The van der Waals surface area contributed by atoms with Gasteiger partial charge in [0, 0.05) is 6.07 Å². The first-order valence-electron chi connectivity index (χ1n) is 6.27. The monoisotopic (exact) mass is 314 g/mol. The molecular formula is C13H15ClN2O5. The quantitative estimate of drug-likeness (QED) is 0.619. The molecular weight excluding hydrogens is 300 g/mol. The summed E-state index contributed by atoms with van der Waals surface area (Å²) >= 11 is 5.84. The summed E-state index contributed by atoms with van der Waals surface area (Å²) in [5, 5.41) is 22.2. The molecule has 2 N–H and O–H groups in total. The standard InChI is InChI=1S/C13H15ClN2O5/c1-3-13(4-2,12(18)19)15-11(17)8-6-5-7-9(10(8)14)16(20)21/h5-7H,3-4H2,1-2H3,(H,15,17)(H,18,19). The zero-order valence-electron chi connectivity index (χ0n) is 11.6. The number of benzene rings is 1. The Hall–Kier alpha value is -2.15. The van der Waals surface area contributed by atoms with Crippen LogP contribution in [-0.4, -0.2) is 27.4 Å². The molecule has 0 atom stereocenters. The Bertz CT molecular complexity index is 584. The number of halogens is 1. The van der Waals surface area contributed by atoms with Gasteiger partial charge in [0.2, 0.25) is 0 Å². The Labute approximate surface area is 126 Å². The predicted octanol–water partition coefficient (Wildman–Crippen LogP) is 2.62. The summed E-state index contributed by atoms with van der Waals surface area (Å²) in [4.78, 5) is 33.6. The second kappa shape index (κ2) is 6.53. The van der Waals surface area contributed by atoms with Gasteiger partial charge in [-0.05, 0) is 18.9 Å². The van der Waals surface area contributed by atoms with Crippen LogP contribution in [0, 0.1) is 10.1 Å². The van der Waals surface area contributed by atoms with Crippen molar-refractivity contribution in [3.05, 3.63) is 38.9 Å². The predicted molar refractivity (Wildman–Crippen MR) is 76.5 cm³/mol. The summed E-state index contributed by atoms with van der Waals surface area (Å²) in [6.45, 7) is 3.26. The molecule has 0 saturated carbocycles. The minimum atomic E-state index is -1.43. The van der Waals surface area contributed by atoms with E-state index >= 15 is 0 Å². The highest BCUT2D eigenvalue weighted by atomic mass is 35.5. The van der Waals surface area contributed by atoms with Gasteiger partial charge in [-0.15, -0.1) is 0 Å². The molecule has 0 saturated heterocycles. The fraction of sp³-hybridized carbons (Fsp3) is 0.385. The number of carboxylic acid groups (broad SMARTS) is 1. The van der Waals surface area contributed by atoms with Gasteiger partial charge in [0.05, 0.1) is 10.5 Å². The lowest BCUT2D eigenvalue weighted by Gasteiger charge is -2.28. The summed E-state index contributed by atoms with van der Waals surface area (Å²) in [6.07, 6.45) is 0.355. The molecule has 1 aromatic rings. The Morgan fingerprint density at radius 2 is 1.95 bits per heavy atom. The number of aliphatic carboxylic acids is 1. The van der Waals surface area contributed by atoms with Gasteiger partial charge < -0.3 is 10.4 Å². The average Bonchev–Trinajstić information content (AvgIpc) is 2.44. The van der Waals surface area contributed by atoms with Crippen LogP contribution in [0.15, 0.2) is 18.2 Å². The van der Waals surface area contributed by atoms with Gasteiger partial charge in [-0.3, -0.25) is 14.9 Å². The SMILES string of the molecule is CCC(CC)(NC(=O)c1cccc([N+](=O)[O-])c1Cl)C(=O)O. The Balaban J connectivity index is 3.18.